The van der Waals surface area contributed by atoms with Crippen LogP contribution in [0.4, 0.5) is 10.1 Å². The maximum absolute atomic E-state index is 12.8. The number of rotatable bonds is 8. The van der Waals surface area contributed by atoms with Gasteiger partial charge in [-0.25, -0.2) is 4.39 Å². The average molecular weight is 395 g/mol. The molecule has 0 aromatic heterocycles. The van der Waals surface area contributed by atoms with E-state index in [9.17, 15) is 17.6 Å². The van der Waals surface area contributed by atoms with Crippen LogP contribution >= 0.6 is 0 Å². The molecule has 0 fully saturated rings. The Morgan fingerprint density at radius 1 is 1.04 bits per heavy atom. The van der Waals surface area contributed by atoms with Crippen molar-refractivity contribution in [2.45, 2.75) is 0 Å². The van der Waals surface area contributed by atoms with Gasteiger partial charge in [0.25, 0.3) is 5.91 Å². The zero-order valence-electron chi connectivity index (χ0n) is 15.3. The molecule has 0 saturated heterocycles. The molecule has 0 aliphatic heterocycles. The number of hydrogen-bond donors (Lipinski definition) is 1. The molecular formula is C18H22FN3O4S. The van der Waals surface area contributed by atoms with Crippen molar-refractivity contribution in [1.82, 2.24) is 9.62 Å². The molecule has 0 spiro atoms. The highest BCUT2D eigenvalue weighted by Crippen LogP contribution is 2.18. The first-order valence-corrected chi connectivity index (χ1v) is 9.54. The van der Waals surface area contributed by atoms with E-state index < -0.39 is 10.2 Å². The molecule has 1 amide bonds. The summed E-state index contributed by atoms with van der Waals surface area (Å²) in [6.07, 6.45) is 0. The van der Waals surface area contributed by atoms with Gasteiger partial charge >= 0.3 is 10.2 Å². The molecular weight excluding hydrogens is 373 g/mol. The number of nitrogens with zero attached hydrogens (tertiary/aromatic N) is 2. The summed E-state index contributed by atoms with van der Waals surface area (Å²) in [6.45, 7) is 0.506. The lowest BCUT2D eigenvalue weighted by Crippen LogP contribution is -2.37. The summed E-state index contributed by atoms with van der Waals surface area (Å²) in [5, 5.41) is 2.70. The number of benzene rings is 2. The molecule has 7 nitrogen and oxygen atoms in total. The summed E-state index contributed by atoms with van der Waals surface area (Å²) in [4.78, 5) is 12.1. The fourth-order valence-electron chi connectivity index (χ4n) is 2.17. The van der Waals surface area contributed by atoms with Gasteiger partial charge in [-0.1, -0.05) is 0 Å². The summed E-state index contributed by atoms with van der Waals surface area (Å²) < 4.78 is 44.6. The lowest BCUT2D eigenvalue weighted by molar-refractivity contribution is 0.0947. The largest absolute Gasteiger partial charge is 0.492 e. The van der Waals surface area contributed by atoms with E-state index in [-0.39, 0.29) is 24.9 Å². The van der Waals surface area contributed by atoms with Crippen molar-refractivity contribution in [3.05, 3.63) is 59.9 Å². The second kappa shape index (κ2) is 8.83. The number of carbonyl (C=O) groups is 1. The molecule has 0 bridgehead atoms. The van der Waals surface area contributed by atoms with Gasteiger partial charge in [0, 0.05) is 26.7 Å². The molecule has 0 radical (unpaired) electrons. The van der Waals surface area contributed by atoms with Crippen molar-refractivity contribution >= 4 is 21.8 Å². The number of halogens is 1. The smallest absolute Gasteiger partial charge is 0.303 e. The fourth-order valence-corrected chi connectivity index (χ4v) is 3.05. The molecule has 0 aliphatic carbocycles. The maximum Gasteiger partial charge on any atom is 0.303 e. The van der Waals surface area contributed by atoms with Crippen LogP contribution in [0.2, 0.25) is 0 Å². The number of hydrogen-bond acceptors (Lipinski definition) is 4. The lowest BCUT2D eigenvalue weighted by atomic mass is 10.2. The first-order valence-electron chi connectivity index (χ1n) is 8.15. The Morgan fingerprint density at radius 2 is 1.63 bits per heavy atom. The summed E-state index contributed by atoms with van der Waals surface area (Å²) >= 11 is 0. The maximum atomic E-state index is 12.8. The fraction of sp³-hybridized carbons (Fsp3) is 0.278. The van der Waals surface area contributed by atoms with Crippen LogP contribution in [0.15, 0.2) is 48.5 Å². The van der Waals surface area contributed by atoms with E-state index in [4.69, 9.17) is 4.74 Å². The van der Waals surface area contributed by atoms with Crippen LogP contribution in [0.1, 0.15) is 10.4 Å². The Hall–Kier alpha value is -2.65. The van der Waals surface area contributed by atoms with Crippen molar-refractivity contribution in [3.8, 4) is 5.75 Å². The Balaban J connectivity index is 1.87. The molecule has 0 saturated carbocycles. The third-order valence-corrected chi connectivity index (χ3v) is 5.60. The molecule has 2 rings (SSSR count). The van der Waals surface area contributed by atoms with Crippen LogP contribution in [0, 0.1) is 5.82 Å². The number of ether oxygens (including phenoxy) is 1. The Kier molecular flexibility index (Phi) is 6.75. The predicted molar refractivity (Wildman–Crippen MR) is 102 cm³/mol. The van der Waals surface area contributed by atoms with Gasteiger partial charge in [-0.05, 0) is 48.5 Å². The van der Waals surface area contributed by atoms with Crippen molar-refractivity contribution in [2.24, 2.45) is 0 Å². The molecule has 2 aromatic carbocycles. The lowest BCUT2D eigenvalue weighted by Gasteiger charge is -2.23. The van der Waals surface area contributed by atoms with Crippen LogP contribution in [-0.2, 0) is 10.2 Å². The summed E-state index contributed by atoms with van der Waals surface area (Å²) in [6, 6.07) is 11.8. The van der Waals surface area contributed by atoms with Gasteiger partial charge in [0.15, 0.2) is 0 Å². The Labute approximate surface area is 158 Å². The molecule has 1 N–H and O–H groups in total. The SMILES string of the molecule is CN(C)S(=O)(=O)N(C)c1ccc(C(=O)NCCOc2ccc(F)cc2)cc1. The zero-order chi connectivity index (χ0) is 20.0. The third kappa shape index (κ3) is 5.41. The number of anilines is 1. The van der Waals surface area contributed by atoms with Gasteiger partial charge in [0.05, 0.1) is 12.2 Å². The summed E-state index contributed by atoms with van der Waals surface area (Å²) in [5.41, 5.74) is 0.844. The minimum absolute atomic E-state index is 0.235. The van der Waals surface area contributed by atoms with Crippen molar-refractivity contribution in [2.75, 3.05) is 38.6 Å². The van der Waals surface area contributed by atoms with E-state index in [0.717, 1.165) is 8.61 Å². The Morgan fingerprint density at radius 3 is 2.19 bits per heavy atom. The quantitative estimate of drug-likeness (QED) is 0.692. The minimum atomic E-state index is -3.58. The first kappa shape index (κ1) is 20.7. The normalized spacial score (nSPS) is 11.3. The zero-order valence-corrected chi connectivity index (χ0v) is 16.2. The van der Waals surface area contributed by atoms with Crippen LogP contribution in [0.5, 0.6) is 5.75 Å². The van der Waals surface area contributed by atoms with E-state index in [0.29, 0.717) is 17.0 Å². The molecule has 0 atom stereocenters. The average Bonchev–Trinajstić information content (AvgIpc) is 2.65. The second-order valence-electron chi connectivity index (χ2n) is 5.86. The van der Waals surface area contributed by atoms with Crippen LogP contribution in [-0.4, -0.2) is 52.9 Å². The number of carbonyl (C=O) groups excluding carboxylic acids is 1. The van der Waals surface area contributed by atoms with Crippen molar-refractivity contribution < 1.29 is 22.3 Å². The van der Waals surface area contributed by atoms with Crippen molar-refractivity contribution in [3.63, 3.8) is 0 Å². The topological polar surface area (TPSA) is 79.0 Å². The molecule has 0 unspecified atom stereocenters. The van der Waals surface area contributed by atoms with E-state index in [1.165, 1.54) is 45.4 Å². The molecule has 0 aliphatic rings. The van der Waals surface area contributed by atoms with Crippen molar-refractivity contribution in [1.29, 1.82) is 0 Å². The van der Waals surface area contributed by atoms with Crippen LogP contribution in [0.3, 0.4) is 0 Å². The molecule has 0 heterocycles. The van der Waals surface area contributed by atoms with Gasteiger partial charge in [0.2, 0.25) is 0 Å². The Bertz CT molecular complexity index is 868. The minimum Gasteiger partial charge on any atom is -0.492 e. The van der Waals surface area contributed by atoms with Gasteiger partial charge < -0.3 is 10.1 Å². The molecule has 27 heavy (non-hydrogen) atoms. The van der Waals surface area contributed by atoms with Gasteiger partial charge in [0.1, 0.15) is 18.2 Å². The van der Waals surface area contributed by atoms with Crippen LogP contribution < -0.4 is 14.4 Å². The predicted octanol–water partition coefficient (Wildman–Crippen LogP) is 1.88. The highest BCUT2D eigenvalue weighted by molar-refractivity contribution is 7.90. The van der Waals surface area contributed by atoms with Gasteiger partial charge in [-0.2, -0.15) is 12.7 Å². The van der Waals surface area contributed by atoms with E-state index in [1.54, 1.807) is 24.3 Å². The molecule has 9 heteroatoms. The number of nitrogens with one attached hydrogen (secondary N) is 1. The van der Waals surface area contributed by atoms with Gasteiger partial charge in [-0.3, -0.25) is 9.10 Å². The van der Waals surface area contributed by atoms with Crippen LogP contribution in [0.25, 0.3) is 0 Å². The monoisotopic (exact) mass is 395 g/mol. The molecule has 146 valence electrons. The van der Waals surface area contributed by atoms with E-state index in [1.807, 2.05) is 0 Å². The third-order valence-electron chi connectivity index (χ3n) is 3.77. The highest BCUT2D eigenvalue weighted by atomic mass is 32.2. The molecule has 2 aromatic rings. The summed E-state index contributed by atoms with van der Waals surface area (Å²) in [7, 11) is 0.750. The highest BCUT2D eigenvalue weighted by Gasteiger charge is 2.21. The van der Waals surface area contributed by atoms with E-state index in [2.05, 4.69) is 5.32 Å². The second-order valence-corrected chi connectivity index (χ2v) is 8.04. The number of amides is 1. The van der Waals surface area contributed by atoms with Gasteiger partial charge in [-0.15, -0.1) is 0 Å². The van der Waals surface area contributed by atoms with E-state index >= 15 is 0 Å². The summed E-state index contributed by atoms with van der Waals surface area (Å²) in [5.74, 6) is -0.134. The first-order chi connectivity index (χ1) is 12.7. The standard InChI is InChI=1S/C18H22FN3O4S/c1-21(2)27(24,25)22(3)16-8-4-14(5-9-16)18(23)20-12-13-26-17-10-6-15(19)7-11-17/h4-11H,12-13H2,1-3H3,(H,20,23).